The van der Waals surface area contributed by atoms with Gasteiger partial charge in [-0.2, -0.15) is 0 Å². The Morgan fingerprint density at radius 1 is 0.393 bits per heavy atom. The second-order valence-electron chi connectivity index (χ2n) is 25.9. The Morgan fingerprint density at radius 2 is 0.726 bits per heavy atom. The zero-order chi connectivity index (χ0) is 59.6. The second-order valence-corrected chi connectivity index (χ2v) is 25.9. The number of nitrogens with zero attached hydrogens (tertiary/aromatic N) is 3. The fraction of sp³-hybridized carbons (Fsp3) is 0.676. The molecule has 1 aliphatic heterocycles. The van der Waals surface area contributed by atoms with Crippen molar-refractivity contribution in [3.63, 3.8) is 0 Å². The van der Waals surface area contributed by atoms with Crippen LogP contribution in [0.1, 0.15) is 322 Å². The van der Waals surface area contributed by atoms with Gasteiger partial charge >= 0.3 is 0 Å². The minimum atomic E-state index is -0.410. The highest BCUT2D eigenvalue weighted by molar-refractivity contribution is 6.39. The summed E-state index contributed by atoms with van der Waals surface area (Å²) < 4.78 is 3.08. The highest BCUT2D eigenvalue weighted by Gasteiger charge is 2.32. The molecule has 1 aliphatic carbocycles. The maximum atomic E-state index is 15.2. The number of rotatable bonds is 47. The van der Waals surface area contributed by atoms with Crippen molar-refractivity contribution in [2.75, 3.05) is 0 Å². The third kappa shape index (κ3) is 17.1. The highest BCUT2D eigenvalue weighted by atomic mass is 16.6. The zero-order valence-electron chi connectivity index (χ0n) is 53.1. The fourth-order valence-electron chi connectivity index (χ4n) is 14.6. The van der Waals surface area contributed by atoms with Gasteiger partial charge in [-0.1, -0.05) is 297 Å². The molecule has 10 nitrogen and oxygen atoms in total. The number of hydrogen-bond donors (Lipinski definition) is 2. The first-order valence-electron chi connectivity index (χ1n) is 35.0. The first-order valence-corrected chi connectivity index (χ1v) is 35.0. The van der Waals surface area contributed by atoms with Crippen LogP contribution in [0.15, 0.2) is 50.8 Å². The number of hydrogen-bond acceptors (Lipinski definition) is 7. The Hall–Kier alpha value is -5.12. The first kappa shape index (κ1) is 66.4. The normalized spacial score (nSPS) is 12.3. The summed E-state index contributed by atoms with van der Waals surface area (Å²) in [6.07, 6.45) is 51.0. The molecular weight excluding hydrogens is 1040 g/mol. The maximum Gasteiger partial charge on any atom is 0.278 e. The van der Waals surface area contributed by atoms with Crippen molar-refractivity contribution in [1.29, 1.82) is 5.41 Å². The summed E-state index contributed by atoms with van der Waals surface area (Å²) in [5.41, 5.74) is -0.538. The minimum absolute atomic E-state index is 0.0820. The van der Waals surface area contributed by atoms with Gasteiger partial charge in [0, 0.05) is 56.0 Å². The van der Waals surface area contributed by atoms with E-state index in [2.05, 4.69) is 27.7 Å². The Morgan fingerprint density at radius 3 is 1.12 bits per heavy atom. The SMILES string of the molecule is CCCCCCCCCCCCC(CCCCCCCCCCCC)n1c(O)c2cc([N+](=O)[O-])c3c4ccc5c6c4c(c(=N)cc-6c(=O)n(C(CCCCCCCCCCCC)CCCCCCCCCCCC)c5=O)c4ccc(c1=O)c2c43. The van der Waals surface area contributed by atoms with E-state index in [4.69, 9.17) is 0 Å². The summed E-state index contributed by atoms with van der Waals surface area (Å²) >= 11 is 0. The molecule has 0 saturated carbocycles. The average molecular weight is 1150 g/mol. The molecule has 462 valence electrons. The molecule has 0 saturated heterocycles. The van der Waals surface area contributed by atoms with Crippen LogP contribution in [0.4, 0.5) is 5.69 Å². The summed E-state index contributed by atoms with van der Waals surface area (Å²) in [6, 6.07) is 9.61. The van der Waals surface area contributed by atoms with Gasteiger partial charge in [0.25, 0.3) is 22.4 Å². The Balaban J connectivity index is 1.23. The Bertz CT molecular complexity index is 3220. The van der Waals surface area contributed by atoms with E-state index in [-0.39, 0.29) is 56.5 Å². The van der Waals surface area contributed by atoms with E-state index in [1.165, 1.54) is 190 Å². The summed E-state index contributed by atoms with van der Waals surface area (Å²) in [4.78, 5) is 58.7. The van der Waals surface area contributed by atoms with Crippen molar-refractivity contribution in [3.05, 3.63) is 82.9 Å². The van der Waals surface area contributed by atoms with Gasteiger partial charge in [0.15, 0.2) is 0 Å². The van der Waals surface area contributed by atoms with Crippen LogP contribution in [0.5, 0.6) is 5.88 Å². The lowest BCUT2D eigenvalue weighted by Gasteiger charge is -2.25. The van der Waals surface area contributed by atoms with Gasteiger partial charge in [0.05, 0.1) is 26.6 Å². The molecule has 2 N–H and O–H groups in total. The van der Waals surface area contributed by atoms with Crippen molar-refractivity contribution in [3.8, 4) is 17.0 Å². The van der Waals surface area contributed by atoms with E-state index in [0.29, 0.717) is 48.7 Å². The zero-order valence-corrected chi connectivity index (χ0v) is 53.1. The molecule has 5 aromatic rings. The number of aromatic nitrogens is 2. The van der Waals surface area contributed by atoms with E-state index >= 15 is 14.4 Å². The van der Waals surface area contributed by atoms with Crippen LogP contribution in [0.3, 0.4) is 0 Å². The van der Waals surface area contributed by atoms with E-state index < -0.39 is 10.5 Å². The van der Waals surface area contributed by atoms with Gasteiger partial charge in [-0.3, -0.25) is 33.6 Å². The number of fused-ring (bicyclic) bond motifs is 2. The van der Waals surface area contributed by atoms with Crippen LogP contribution < -0.4 is 22.0 Å². The van der Waals surface area contributed by atoms with E-state index in [9.17, 15) is 20.6 Å². The Labute approximate surface area is 504 Å². The average Bonchev–Trinajstić information content (AvgIpc) is 0.871. The number of aromatic hydroxyl groups is 1. The molecule has 1 aromatic heterocycles. The largest absolute Gasteiger partial charge is 0.494 e. The molecule has 2 aliphatic rings. The van der Waals surface area contributed by atoms with Gasteiger partial charge in [-0.15, -0.1) is 0 Å². The molecule has 0 atom stereocenters. The van der Waals surface area contributed by atoms with Crippen molar-refractivity contribution < 1.29 is 10.0 Å². The molecule has 0 amide bonds. The number of nitro groups is 1. The van der Waals surface area contributed by atoms with Gasteiger partial charge in [-0.25, -0.2) is 0 Å². The standard InChI is InChI=1S/C74H110N4O6/c1-5-9-13-17-21-25-29-33-37-41-45-55(46-42-38-34-30-26-22-18-14-10-6-2)76-71(79)59-52-50-58-68-64(78(83)84)54-62-66-60(51-49-57(70(66)68)67-63(75)53-61(73(76)81)65(59)69(58)67)72(80)77(74(62)82)56(47-43-39-35-31-27-23-19-15-11-7-3)48-44-40-36-32-28-24-20-16-12-8-4/h49-56,75,82H,5-48H2,1-4H3. The van der Waals surface area contributed by atoms with Crippen molar-refractivity contribution in [1.82, 2.24) is 9.13 Å². The first-order chi connectivity index (χ1) is 41.1. The van der Waals surface area contributed by atoms with Crippen molar-refractivity contribution >= 4 is 59.5 Å². The van der Waals surface area contributed by atoms with Crippen LogP contribution in [0, 0.1) is 15.5 Å². The second kappa shape index (κ2) is 35.5. The van der Waals surface area contributed by atoms with Crippen LogP contribution in [-0.4, -0.2) is 19.2 Å². The highest BCUT2D eigenvalue weighted by Crippen LogP contribution is 2.49. The molecule has 7 rings (SSSR count). The number of benzene rings is 5. The fourth-order valence-corrected chi connectivity index (χ4v) is 14.6. The number of nitrogens with one attached hydrogen (secondary N) is 1. The number of non-ortho nitro benzene ring substituents is 1. The Kier molecular flexibility index (Phi) is 28.1. The number of pyridine rings is 2. The number of unbranched alkanes of at least 4 members (excludes halogenated alkanes) is 36. The molecule has 4 aromatic carbocycles. The van der Waals surface area contributed by atoms with E-state index in [1.54, 1.807) is 28.8 Å². The predicted molar refractivity (Wildman–Crippen MR) is 357 cm³/mol. The summed E-state index contributed by atoms with van der Waals surface area (Å²) in [7, 11) is 0. The lowest BCUT2D eigenvalue weighted by molar-refractivity contribution is -0.382. The van der Waals surface area contributed by atoms with Gasteiger partial charge in [-0.05, 0) is 54.7 Å². The molecular formula is C74H110N4O6. The molecule has 0 spiro atoms. The lowest BCUT2D eigenvalue weighted by atomic mass is 9.83. The number of nitro benzene ring substituents is 1. The van der Waals surface area contributed by atoms with Crippen LogP contribution >= 0.6 is 0 Å². The predicted octanol–water partition coefficient (Wildman–Crippen LogP) is 22.0. The van der Waals surface area contributed by atoms with E-state index in [0.717, 1.165) is 103 Å². The van der Waals surface area contributed by atoms with Gasteiger partial charge < -0.3 is 10.5 Å². The quantitative estimate of drug-likeness (QED) is 0.0128. The lowest BCUT2D eigenvalue weighted by Crippen LogP contribution is -2.38. The van der Waals surface area contributed by atoms with Crippen molar-refractivity contribution in [2.45, 2.75) is 322 Å². The smallest absolute Gasteiger partial charge is 0.278 e. The third-order valence-electron chi connectivity index (χ3n) is 19.4. The molecule has 2 heterocycles. The summed E-state index contributed by atoms with van der Waals surface area (Å²) in [5, 5.41) is 40.1. The monoisotopic (exact) mass is 1150 g/mol. The molecule has 0 fully saturated rings. The minimum Gasteiger partial charge on any atom is -0.494 e. The molecule has 0 bridgehead atoms. The summed E-state index contributed by atoms with van der Waals surface area (Å²) in [5.74, 6) is -0.243. The topological polar surface area (TPSA) is 148 Å². The molecule has 10 heteroatoms. The van der Waals surface area contributed by atoms with E-state index in [1.807, 2.05) is 6.07 Å². The van der Waals surface area contributed by atoms with Crippen LogP contribution in [-0.2, 0) is 0 Å². The van der Waals surface area contributed by atoms with Gasteiger partial charge in [0.1, 0.15) is 0 Å². The third-order valence-corrected chi connectivity index (χ3v) is 19.4. The molecule has 0 radical (unpaired) electrons. The molecule has 0 unspecified atom stereocenters. The molecule has 84 heavy (non-hydrogen) atoms. The van der Waals surface area contributed by atoms with Gasteiger partial charge in [0.2, 0.25) is 5.88 Å². The maximum absolute atomic E-state index is 15.2. The van der Waals surface area contributed by atoms with Crippen molar-refractivity contribution in [2.24, 2.45) is 0 Å². The van der Waals surface area contributed by atoms with Crippen LogP contribution in [0.25, 0.3) is 65.0 Å². The summed E-state index contributed by atoms with van der Waals surface area (Å²) in [6.45, 7) is 9.00. The van der Waals surface area contributed by atoms with Crippen LogP contribution in [0.2, 0.25) is 0 Å².